The molecule has 21 heavy (non-hydrogen) atoms. The molecular weight excluding hydrogens is 344 g/mol. The Morgan fingerprint density at radius 1 is 1.24 bits per heavy atom. The van der Waals surface area contributed by atoms with Crippen LogP contribution in [0.25, 0.3) is 0 Å². The number of nitrogens with one attached hydrogen (secondary N) is 1. The first-order valence-corrected chi connectivity index (χ1v) is 9.45. The van der Waals surface area contributed by atoms with Crippen molar-refractivity contribution < 1.29 is 0 Å². The first-order valence-electron chi connectivity index (χ1n) is 7.78. The minimum absolute atomic E-state index is 0.291. The van der Waals surface area contributed by atoms with E-state index in [1.54, 1.807) is 0 Å². The number of nitrogens with zero attached hydrogens (tertiary/aromatic N) is 1. The predicted molar refractivity (Wildman–Crippen MR) is 96.9 cm³/mol. The molecule has 1 aliphatic rings. The van der Waals surface area contributed by atoms with Gasteiger partial charge < -0.3 is 5.32 Å². The lowest BCUT2D eigenvalue weighted by atomic mass is 9.79. The number of hydrogen-bond acceptors (Lipinski definition) is 3. The molecule has 2 nitrogen and oxygen atoms in total. The zero-order chi connectivity index (χ0) is 15.8. The number of rotatable bonds is 2. The second-order valence-corrected chi connectivity index (χ2v) is 10.2. The maximum Gasteiger partial charge on any atom is 0.0343 e. The fourth-order valence-electron chi connectivity index (χ4n) is 3.04. The van der Waals surface area contributed by atoms with Gasteiger partial charge in [0.1, 0.15) is 0 Å². The summed E-state index contributed by atoms with van der Waals surface area (Å²) in [7, 11) is 0. The van der Waals surface area contributed by atoms with Crippen LogP contribution in [0.1, 0.15) is 46.4 Å². The van der Waals surface area contributed by atoms with Gasteiger partial charge in [0.2, 0.25) is 0 Å². The van der Waals surface area contributed by atoms with Crippen molar-refractivity contribution in [2.24, 2.45) is 10.8 Å². The van der Waals surface area contributed by atoms with E-state index >= 15 is 0 Å². The highest BCUT2D eigenvalue weighted by Gasteiger charge is 2.39. The molecule has 2 atom stereocenters. The summed E-state index contributed by atoms with van der Waals surface area (Å²) in [6.07, 6.45) is 0. The van der Waals surface area contributed by atoms with Crippen LogP contribution in [0.2, 0.25) is 0 Å². The van der Waals surface area contributed by atoms with E-state index in [0.29, 0.717) is 22.9 Å². The highest BCUT2D eigenvalue weighted by atomic mass is 79.9. The fourth-order valence-corrected chi connectivity index (χ4v) is 4.54. The van der Waals surface area contributed by atoms with Gasteiger partial charge in [-0.3, -0.25) is 4.90 Å². The normalized spacial score (nSPS) is 25.3. The van der Waals surface area contributed by atoms with Crippen LogP contribution in [-0.2, 0) is 6.54 Å². The van der Waals surface area contributed by atoms with E-state index in [-0.39, 0.29) is 0 Å². The first-order chi connectivity index (χ1) is 9.59. The lowest BCUT2D eigenvalue weighted by Crippen LogP contribution is -2.63. The Balaban J connectivity index is 2.19. The molecule has 0 saturated carbocycles. The van der Waals surface area contributed by atoms with Gasteiger partial charge in [0.15, 0.2) is 0 Å². The molecule has 0 radical (unpaired) electrons. The van der Waals surface area contributed by atoms with Crippen molar-refractivity contribution >= 4 is 27.3 Å². The third-order valence-corrected chi connectivity index (χ3v) is 6.41. The molecule has 2 rings (SSSR count). The van der Waals surface area contributed by atoms with Crippen molar-refractivity contribution in [3.8, 4) is 0 Å². The maximum atomic E-state index is 3.79. The Hall–Kier alpha value is 0.1000. The lowest BCUT2D eigenvalue weighted by Gasteiger charge is -2.49. The molecular formula is C17H29BrN2S. The molecule has 1 saturated heterocycles. The number of hydrogen-bond donors (Lipinski definition) is 1. The van der Waals surface area contributed by atoms with Gasteiger partial charge in [-0.25, -0.2) is 0 Å². The Labute approximate surface area is 142 Å². The summed E-state index contributed by atoms with van der Waals surface area (Å²) >= 11 is 5.54. The van der Waals surface area contributed by atoms with Crippen LogP contribution in [0.4, 0.5) is 0 Å². The van der Waals surface area contributed by atoms with Gasteiger partial charge in [0.25, 0.3) is 0 Å². The van der Waals surface area contributed by atoms with E-state index in [1.165, 1.54) is 9.35 Å². The average Bonchev–Trinajstić information content (AvgIpc) is 2.72. The molecule has 0 spiro atoms. The van der Waals surface area contributed by atoms with E-state index in [2.05, 4.69) is 79.1 Å². The van der Waals surface area contributed by atoms with Crippen LogP contribution in [0.15, 0.2) is 15.9 Å². The van der Waals surface area contributed by atoms with Gasteiger partial charge >= 0.3 is 0 Å². The van der Waals surface area contributed by atoms with Gasteiger partial charge in [-0.1, -0.05) is 41.5 Å². The Morgan fingerprint density at radius 2 is 1.90 bits per heavy atom. The molecule has 1 N–H and O–H groups in total. The quantitative estimate of drug-likeness (QED) is 0.805. The third kappa shape index (κ3) is 4.31. The van der Waals surface area contributed by atoms with E-state index < -0.39 is 0 Å². The van der Waals surface area contributed by atoms with Crippen LogP contribution >= 0.6 is 27.3 Å². The summed E-state index contributed by atoms with van der Waals surface area (Å²) in [5.74, 6) is 0. The molecule has 0 aliphatic carbocycles. The molecule has 0 amide bonds. The summed E-state index contributed by atoms with van der Waals surface area (Å²) in [6.45, 7) is 17.3. The van der Waals surface area contributed by atoms with Gasteiger partial charge in [-0.15, -0.1) is 11.3 Å². The van der Waals surface area contributed by atoms with E-state index in [0.717, 1.165) is 19.6 Å². The minimum atomic E-state index is 0.291. The summed E-state index contributed by atoms with van der Waals surface area (Å²) in [6, 6.07) is 3.29. The summed E-state index contributed by atoms with van der Waals surface area (Å²) < 4.78 is 1.26. The fraction of sp³-hybridized carbons (Fsp3) is 0.765. The zero-order valence-electron chi connectivity index (χ0n) is 14.2. The third-order valence-electron chi connectivity index (χ3n) is 4.50. The topological polar surface area (TPSA) is 15.3 Å². The highest BCUT2D eigenvalue weighted by Crippen LogP contribution is 2.33. The minimum Gasteiger partial charge on any atom is -0.311 e. The molecule has 120 valence electrons. The number of halogens is 1. The Morgan fingerprint density at radius 3 is 2.38 bits per heavy atom. The summed E-state index contributed by atoms with van der Waals surface area (Å²) in [5.41, 5.74) is 0.591. The second kappa shape index (κ2) is 6.31. The van der Waals surface area contributed by atoms with Crippen molar-refractivity contribution in [1.29, 1.82) is 0 Å². The molecule has 1 fully saturated rings. The Bertz CT molecular complexity index is 470. The first kappa shape index (κ1) is 17.5. The molecule has 0 aromatic carbocycles. The lowest BCUT2D eigenvalue weighted by molar-refractivity contribution is 0.0253. The standard InChI is InChI=1S/C17H29BrN2S/c1-16(2,3)14-11-20(10-13-12(18)7-8-21-13)15(9-19-14)17(4,5)6/h7-8,14-15,19H,9-11H2,1-6H3. The summed E-state index contributed by atoms with van der Waals surface area (Å²) in [4.78, 5) is 4.13. The van der Waals surface area contributed by atoms with Crippen molar-refractivity contribution in [3.63, 3.8) is 0 Å². The molecule has 0 bridgehead atoms. The van der Waals surface area contributed by atoms with Gasteiger partial charge in [-0.2, -0.15) is 0 Å². The molecule has 1 aliphatic heterocycles. The van der Waals surface area contributed by atoms with Crippen LogP contribution in [0, 0.1) is 10.8 Å². The van der Waals surface area contributed by atoms with E-state index in [9.17, 15) is 0 Å². The van der Waals surface area contributed by atoms with E-state index in [1.807, 2.05) is 11.3 Å². The largest absolute Gasteiger partial charge is 0.311 e. The zero-order valence-corrected chi connectivity index (χ0v) is 16.6. The average molecular weight is 373 g/mol. The van der Waals surface area contributed by atoms with Gasteiger partial charge in [0.05, 0.1) is 0 Å². The smallest absolute Gasteiger partial charge is 0.0343 e. The molecule has 1 aromatic rings. The molecule has 2 heterocycles. The molecule has 4 heteroatoms. The Kier molecular flexibility index (Phi) is 5.24. The van der Waals surface area contributed by atoms with Crippen LogP contribution in [-0.4, -0.2) is 30.1 Å². The summed E-state index contributed by atoms with van der Waals surface area (Å²) in [5, 5.41) is 5.97. The van der Waals surface area contributed by atoms with Gasteiger partial charge in [0, 0.05) is 41.1 Å². The predicted octanol–water partition coefficient (Wildman–Crippen LogP) is 4.75. The monoisotopic (exact) mass is 372 g/mol. The van der Waals surface area contributed by atoms with Crippen LogP contribution in [0.3, 0.4) is 0 Å². The van der Waals surface area contributed by atoms with Crippen molar-refractivity contribution in [2.75, 3.05) is 13.1 Å². The van der Waals surface area contributed by atoms with Crippen molar-refractivity contribution in [2.45, 2.75) is 60.2 Å². The number of piperazine rings is 1. The van der Waals surface area contributed by atoms with Gasteiger partial charge in [-0.05, 0) is 38.2 Å². The van der Waals surface area contributed by atoms with Crippen molar-refractivity contribution in [3.05, 3.63) is 20.8 Å². The van der Waals surface area contributed by atoms with Crippen LogP contribution < -0.4 is 5.32 Å². The number of thiophene rings is 1. The van der Waals surface area contributed by atoms with Crippen LogP contribution in [0.5, 0.6) is 0 Å². The maximum absolute atomic E-state index is 3.79. The van der Waals surface area contributed by atoms with E-state index in [4.69, 9.17) is 0 Å². The molecule has 1 aromatic heterocycles. The second-order valence-electron chi connectivity index (χ2n) is 8.33. The molecule has 2 unspecified atom stereocenters. The highest BCUT2D eigenvalue weighted by molar-refractivity contribution is 9.10. The SMILES string of the molecule is CC(C)(C)C1CN(Cc2sccc2Br)C(C(C)(C)C)CN1. The van der Waals surface area contributed by atoms with Crippen molar-refractivity contribution in [1.82, 2.24) is 10.2 Å².